The van der Waals surface area contributed by atoms with E-state index in [0.29, 0.717) is 6.54 Å². The van der Waals surface area contributed by atoms with Crippen molar-refractivity contribution in [3.8, 4) is 0 Å². The van der Waals surface area contributed by atoms with Crippen molar-refractivity contribution in [1.82, 2.24) is 10.2 Å². The minimum Gasteiger partial charge on any atom is -0.353 e. The van der Waals surface area contributed by atoms with Crippen molar-refractivity contribution in [2.24, 2.45) is 0 Å². The number of amides is 1. The minimum absolute atomic E-state index is 0.124. The van der Waals surface area contributed by atoms with Crippen LogP contribution in [0.15, 0.2) is 24.3 Å². The number of rotatable bonds is 3. The van der Waals surface area contributed by atoms with Crippen molar-refractivity contribution in [2.75, 3.05) is 13.1 Å². The third kappa shape index (κ3) is 3.30. The molecule has 0 aliphatic carbocycles. The molecule has 1 amide bonds. The van der Waals surface area contributed by atoms with E-state index in [1.807, 2.05) is 13.8 Å². The van der Waals surface area contributed by atoms with Crippen LogP contribution in [0.25, 0.3) is 0 Å². The second-order valence-electron chi connectivity index (χ2n) is 4.95. The van der Waals surface area contributed by atoms with Gasteiger partial charge in [0.25, 0.3) is 0 Å². The van der Waals surface area contributed by atoms with Crippen LogP contribution < -0.4 is 5.32 Å². The fourth-order valence-corrected chi connectivity index (χ4v) is 2.26. The SMILES string of the molecule is CC(C)NC(=O)CN1CCc2ccccc2C1. The molecule has 1 heterocycles. The van der Waals surface area contributed by atoms with Gasteiger partial charge in [-0.05, 0) is 31.4 Å². The van der Waals surface area contributed by atoms with E-state index < -0.39 is 0 Å². The molecule has 1 N–H and O–H groups in total. The molecule has 0 aromatic heterocycles. The predicted octanol–water partition coefficient (Wildman–Crippen LogP) is 1.57. The zero-order chi connectivity index (χ0) is 12.3. The zero-order valence-corrected chi connectivity index (χ0v) is 10.6. The number of benzene rings is 1. The Labute approximate surface area is 103 Å². The van der Waals surface area contributed by atoms with E-state index in [-0.39, 0.29) is 11.9 Å². The Morgan fingerprint density at radius 3 is 2.76 bits per heavy atom. The topological polar surface area (TPSA) is 32.3 Å². The van der Waals surface area contributed by atoms with Gasteiger partial charge in [-0.3, -0.25) is 9.69 Å². The summed E-state index contributed by atoms with van der Waals surface area (Å²) in [7, 11) is 0. The van der Waals surface area contributed by atoms with Crippen molar-refractivity contribution in [3.05, 3.63) is 35.4 Å². The van der Waals surface area contributed by atoms with Crippen LogP contribution in [0.5, 0.6) is 0 Å². The Bertz CT molecular complexity index is 401. The molecule has 0 unspecified atom stereocenters. The second-order valence-corrected chi connectivity index (χ2v) is 4.95. The lowest BCUT2D eigenvalue weighted by Gasteiger charge is -2.28. The molecule has 1 aromatic rings. The van der Waals surface area contributed by atoms with Crippen LogP contribution >= 0.6 is 0 Å². The first kappa shape index (κ1) is 12.1. The van der Waals surface area contributed by atoms with Gasteiger partial charge < -0.3 is 5.32 Å². The Balaban J connectivity index is 1.92. The van der Waals surface area contributed by atoms with Crippen LogP contribution in [-0.2, 0) is 17.8 Å². The van der Waals surface area contributed by atoms with Gasteiger partial charge in [0.1, 0.15) is 0 Å². The van der Waals surface area contributed by atoms with E-state index in [9.17, 15) is 4.79 Å². The highest BCUT2D eigenvalue weighted by Gasteiger charge is 2.17. The molecule has 2 rings (SSSR count). The molecule has 0 saturated heterocycles. The van der Waals surface area contributed by atoms with Gasteiger partial charge in [0, 0.05) is 19.1 Å². The number of nitrogens with one attached hydrogen (secondary N) is 1. The van der Waals surface area contributed by atoms with Crippen LogP contribution in [0.1, 0.15) is 25.0 Å². The zero-order valence-electron chi connectivity index (χ0n) is 10.6. The van der Waals surface area contributed by atoms with Gasteiger partial charge in [-0.15, -0.1) is 0 Å². The average molecular weight is 232 g/mol. The molecule has 1 aliphatic rings. The van der Waals surface area contributed by atoms with Crippen LogP contribution in [-0.4, -0.2) is 29.9 Å². The summed E-state index contributed by atoms with van der Waals surface area (Å²) in [5, 5.41) is 2.93. The van der Waals surface area contributed by atoms with Crippen molar-refractivity contribution in [1.29, 1.82) is 0 Å². The third-order valence-corrected chi connectivity index (χ3v) is 3.03. The average Bonchev–Trinajstić information content (AvgIpc) is 2.27. The van der Waals surface area contributed by atoms with Crippen molar-refractivity contribution in [3.63, 3.8) is 0 Å². The van der Waals surface area contributed by atoms with Gasteiger partial charge in [0.05, 0.1) is 6.54 Å². The Morgan fingerprint density at radius 2 is 2.06 bits per heavy atom. The van der Waals surface area contributed by atoms with Crippen molar-refractivity contribution in [2.45, 2.75) is 32.9 Å². The molecule has 17 heavy (non-hydrogen) atoms. The summed E-state index contributed by atoms with van der Waals surface area (Å²) in [6, 6.07) is 8.71. The molecule has 1 aliphatic heterocycles. The number of nitrogens with zero attached hydrogens (tertiary/aromatic N) is 1. The second kappa shape index (κ2) is 5.32. The summed E-state index contributed by atoms with van der Waals surface area (Å²) in [5.74, 6) is 0.124. The highest BCUT2D eigenvalue weighted by molar-refractivity contribution is 5.78. The number of carbonyl (C=O) groups excluding carboxylic acids is 1. The lowest BCUT2D eigenvalue weighted by Crippen LogP contribution is -2.41. The lowest BCUT2D eigenvalue weighted by atomic mass is 10.00. The standard InChI is InChI=1S/C14H20N2O/c1-11(2)15-14(17)10-16-8-7-12-5-3-4-6-13(12)9-16/h3-6,11H,7-10H2,1-2H3,(H,15,17). The van der Waals surface area contributed by atoms with Gasteiger partial charge >= 0.3 is 0 Å². The summed E-state index contributed by atoms with van der Waals surface area (Å²) < 4.78 is 0. The fraction of sp³-hybridized carbons (Fsp3) is 0.500. The molecule has 0 spiro atoms. The highest BCUT2D eigenvalue weighted by atomic mass is 16.2. The number of fused-ring (bicyclic) bond motifs is 1. The first-order chi connectivity index (χ1) is 8.15. The maximum absolute atomic E-state index is 11.7. The molecule has 3 heteroatoms. The number of hydrogen-bond donors (Lipinski definition) is 1. The maximum Gasteiger partial charge on any atom is 0.234 e. The smallest absolute Gasteiger partial charge is 0.234 e. The normalized spacial score (nSPS) is 15.7. The van der Waals surface area contributed by atoms with Gasteiger partial charge in [0.2, 0.25) is 5.91 Å². The van der Waals surface area contributed by atoms with Crippen LogP contribution in [0, 0.1) is 0 Å². The number of hydrogen-bond acceptors (Lipinski definition) is 2. The molecule has 92 valence electrons. The van der Waals surface area contributed by atoms with E-state index in [2.05, 4.69) is 34.5 Å². The number of carbonyl (C=O) groups is 1. The lowest BCUT2D eigenvalue weighted by molar-refractivity contribution is -0.122. The molecule has 0 radical (unpaired) electrons. The summed E-state index contributed by atoms with van der Waals surface area (Å²) in [5.41, 5.74) is 2.78. The first-order valence-electron chi connectivity index (χ1n) is 6.23. The van der Waals surface area contributed by atoms with Crippen LogP contribution in [0.2, 0.25) is 0 Å². The Morgan fingerprint density at radius 1 is 1.35 bits per heavy atom. The Hall–Kier alpha value is -1.35. The quantitative estimate of drug-likeness (QED) is 0.858. The highest BCUT2D eigenvalue weighted by Crippen LogP contribution is 2.17. The predicted molar refractivity (Wildman–Crippen MR) is 68.7 cm³/mol. The van der Waals surface area contributed by atoms with E-state index >= 15 is 0 Å². The first-order valence-corrected chi connectivity index (χ1v) is 6.23. The minimum atomic E-state index is 0.124. The summed E-state index contributed by atoms with van der Waals surface area (Å²) in [6.07, 6.45) is 1.05. The molecule has 0 bridgehead atoms. The molecule has 0 fully saturated rings. The molecule has 3 nitrogen and oxygen atoms in total. The van der Waals surface area contributed by atoms with Gasteiger partial charge in [-0.2, -0.15) is 0 Å². The summed E-state index contributed by atoms with van der Waals surface area (Å²) in [4.78, 5) is 13.9. The van der Waals surface area contributed by atoms with E-state index in [1.54, 1.807) is 0 Å². The monoisotopic (exact) mass is 232 g/mol. The van der Waals surface area contributed by atoms with E-state index in [4.69, 9.17) is 0 Å². The van der Waals surface area contributed by atoms with Crippen molar-refractivity contribution < 1.29 is 4.79 Å². The molecular formula is C14H20N2O. The Kier molecular flexibility index (Phi) is 3.79. The van der Waals surface area contributed by atoms with E-state index in [1.165, 1.54) is 11.1 Å². The van der Waals surface area contributed by atoms with Crippen molar-refractivity contribution >= 4 is 5.91 Å². The van der Waals surface area contributed by atoms with Gasteiger partial charge in [0.15, 0.2) is 0 Å². The van der Waals surface area contributed by atoms with Crippen LogP contribution in [0.4, 0.5) is 0 Å². The van der Waals surface area contributed by atoms with Gasteiger partial charge in [-0.1, -0.05) is 24.3 Å². The third-order valence-electron chi connectivity index (χ3n) is 3.03. The summed E-state index contributed by atoms with van der Waals surface area (Å²) in [6.45, 7) is 6.35. The largest absolute Gasteiger partial charge is 0.353 e. The maximum atomic E-state index is 11.7. The molecule has 0 atom stereocenters. The molecule has 0 saturated carbocycles. The summed E-state index contributed by atoms with van der Waals surface area (Å²) >= 11 is 0. The van der Waals surface area contributed by atoms with Gasteiger partial charge in [-0.25, -0.2) is 0 Å². The van der Waals surface area contributed by atoms with E-state index in [0.717, 1.165) is 19.5 Å². The molecular weight excluding hydrogens is 212 g/mol. The fourth-order valence-electron chi connectivity index (χ4n) is 2.26. The molecule has 1 aromatic carbocycles. The van der Waals surface area contributed by atoms with Crippen LogP contribution in [0.3, 0.4) is 0 Å².